The van der Waals surface area contributed by atoms with Gasteiger partial charge >= 0.3 is 19.8 Å². The van der Waals surface area contributed by atoms with E-state index in [-0.39, 0.29) is 38.4 Å². The molecule has 0 rings (SSSR count). The average Bonchev–Trinajstić information content (AvgIpc) is 3.15. The molecule has 0 heterocycles. The number of rotatable bonds is 38. The fourth-order valence-electron chi connectivity index (χ4n) is 5.21. The monoisotopic (exact) mass is 780 g/mol. The molecule has 0 saturated heterocycles. The zero-order valence-corrected chi connectivity index (χ0v) is 34.6. The highest BCUT2D eigenvalue weighted by Gasteiger charge is 2.26. The van der Waals surface area contributed by atoms with Crippen LogP contribution in [0.4, 0.5) is 0 Å². The molecule has 11 heteroatoms. The molecular formula is C43H74NO9P. The van der Waals surface area contributed by atoms with Crippen LogP contribution in [0.1, 0.15) is 162 Å². The van der Waals surface area contributed by atoms with Gasteiger partial charge in [0.1, 0.15) is 6.61 Å². The molecule has 310 valence electrons. The first-order valence-corrected chi connectivity index (χ1v) is 22.2. The molecule has 3 N–H and O–H groups in total. The third kappa shape index (κ3) is 37.7. The van der Waals surface area contributed by atoms with Crippen LogP contribution >= 0.6 is 7.82 Å². The molecule has 1 unspecified atom stereocenters. The number of carbonyl (C=O) groups is 3. The molecule has 0 aromatic heterocycles. The Bertz CT molecular complexity index is 1130. The second-order valence-electron chi connectivity index (χ2n) is 13.5. The van der Waals surface area contributed by atoms with Gasteiger partial charge in [-0.25, -0.2) is 4.57 Å². The Balaban J connectivity index is 4.30. The second-order valence-corrected chi connectivity index (χ2v) is 15.0. The van der Waals surface area contributed by atoms with Gasteiger partial charge in [0.25, 0.3) is 0 Å². The van der Waals surface area contributed by atoms with E-state index in [2.05, 4.69) is 56.4 Å². The highest BCUT2D eigenvalue weighted by molar-refractivity contribution is 7.47. The Kier molecular flexibility index (Phi) is 36.8. The summed E-state index contributed by atoms with van der Waals surface area (Å²) in [6, 6.07) is 0. The Labute approximate surface area is 327 Å². The normalized spacial score (nSPS) is 13.9. The van der Waals surface area contributed by atoms with Crippen molar-refractivity contribution < 1.29 is 42.4 Å². The molecule has 0 radical (unpaired) electrons. The lowest BCUT2D eigenvalue weighted by molar-refractivity contribution is -0.161. The molecule has 0 aliphatic heterocycles. The largest absolute Gasteiger partial charge is 0.472 e. The van der Waals surface area contributed by atoms with Crippen molar-refractivity contribution in [1.29, 1.82) is 0 Å². The van der Waals surface area contributed by atoms with Crippen LogP contribution in [0, 0.1) is 0 Å². The Morgan fingerprint density at radius 2 is 1.13 bits per heavy atom. The van der Waals surface area contributed by atoms with E-state index in [1.54, 1.807) is 6.08 Å². The lowest BCUT2D eigenvalue weighted by Gasteiger charge is -2.19. The highest BCUT2D eigenvalue weighted by Crippen LogP contribution is 2.43. The molecule has 0 aromatic carbocycles. The zero-order valence-electron chi connectivity index (χ0n) is 33.7. The third-order valence-corrected chi connectivity index (χ3v) is 9.34. The molecule has 0 spiro atoms. The Morgan fingerprint density at radius 1 is 0.611 bits per heavy atom. The van der Waals surface area contributed by atoms with Gasteiger partial charge in [0.2, 0.25) is 0 Å². The molecule has 0 aliphatic carbocycles. The molecule has 0 amide bonds. The Hall–Kier alpha value is -2.62. The zero-order chi connectivity index (χ0) is 39.8. The number of allylic oxidation sites excluding steroid dienone is 10. The molecule has 2 atom stereocenters. The molecule has 54 heavy (non-hydrogen) atoms. The summed E-state index contributed by atoms with van der Waals surface area (Å²) in [5.74, 6) is -0.750. The average molecular weight is 780 g/mol. The minimum absolute atomic E-state index is 0.0330. The van der Waals surface area contributed by atoms with Crippen molar-refractivity contribution in [3.8, 4) is 0 Å². The fourth-order valence-corrected chi connectivity index (χ4v) is 5.97. The minimum atomic E-state index is -4.40. The van der Waals surface area contributed by atoms with E-state index in [0.29, 0.717) is 19.3 Å². The number of ketones is 1. The summed E-state index contributed by atoms with van der Waals surface area (Å²) < 4.78 is 32.6. The number of ether oxygens (including phenoxy) is 2. The van der Waals surface area contributed by atoms with Crippen LogP contribution in [0.3, 0.4) is 0 Å². The quantitative estimate of drug-likeness (QED) is 0.0155. The van der Waals surface area contributed by atoms with E-state index in [1.165, 1.54) is 25.7 Å². The summed E-state index contributed by atoms with van der Waals surface area (Å²) in [7, 11) is -4.40. The van der Waals surface area contributed by atoms with Crippen LogP contribution in [-0.4, -0.2) is 55.1 Å². The predicted molar refractivity (Wildman–Crippen MR) is 220 cm³/mol. The van der Waals surface area contributed by atoms with Crippen molar-refractivity contribution in [3.63, 3.8) is 0 Å². The molecule has 10 nitrogen and oxygen atoms in total. The summed E-state index contributed by atoms with van der Waals surface area (Å²) in [6.45, 7) is 3.45. The SMILES string of the molecule is CCCCC/C=C\C/C=C\C/C=C\CCCCCCC(=O)OC[C@H](COP(=O)(O)OCCN)OC(=O)CCCCCCC/C=C\C=C\C(=O)CCCCC. The number of nitrogens with two attached hydrogens (primary N) is 1. The van der Waals surface area contributed by atoms with Crippen LogP contribution in [0.25, 0.3) is 0 Å². The molecule has 0 fully saturated rings. The van der Waals surface area contributed by atoms with E-state index in [9.17, 15) is 23.8 Å². The van der Waals surface area contributed by atoms with E-state index in [1.807, 2.05) is 12.2 Å². The van der Waals surface area contributed by atoms with Gasteiger partial charge in [0, 0.05) is 25.8 Å². The molecular weight excluding hydrogens is 705 g/mol. The van der Waals surface area contributed by atoms with Gasteiger partial charge in [-0.15, -0.1) is 0 Å². The number of carbonyl (C=O) groups excluding carboxylic acids is 3. The van der Waals surface area contributed by atoms with Gasteiger partial charge in [-0.1, -0.05) is 126 Å². The van der Waals surface area contributed by atoms with Crippen molar-refractivity contribution in [3.05, 3.63) is 60.8 Å². The van der Waals surface area contributed by atoms with Crippen LogP contribution in [0.15, 0.2) is 60.8 Å². The topological polar surface area (TPSA) is 151 Å². The second kappa shape index (κ2) is 38.6. The third-order valence-electron chi connectivity index (χ3n) is 8.35. The van der Waals surface area contributed by atoms with Crippen LogP contribution in [0.5, 0.6) is 0 Å². The number of esters is 2. The maximum Gasteiger partial charge on any atom is 0.472 e. The van der Waals surface area contributed by atoms with Crippen molar-refractivity contribution >= 4 is 25.5 Å². The van der Waals surface area contributed by atoms with E-state index in [4.69, 9.17) is 24.3 Å². The highest BCUT2D eigenvalue weighted by atomic mass is 31.2. The lowest BCUT2D eigenvalue weighted by Crippen LogP contribution is -2.29. The standard InChI is InChI=1S/C43H74NO9P/c1-3-5-7-8-9-10-11-12-13-14-15-16-17-20-23-26-30-34-42(46)50-38-41(39-52-54(48,49)51-37-36-44)53-43(47)35-31-27-24-21-18-19-22-25-29-33-40(45)32-28-6-4-2/h9-10,12-13,15-16,22,25,29,33,41H,3-8,11,14,17-21,23-24,26-28,30-32,34-39,44H2,1-2H3,(H,48,49)/b10-9-,13-12-,16-15-,25-22-,33-29+/t41-/m1/s1. The molecule has 0 saturated carbocycles. The Morgan fingerprint density at radius 3 is 1.76 bits per heavy atom. The van der Waals surface area contributed by atoms with Crippen LogP contribution in [-0.2, 0) is 37.5 Å². The summed E-state index contributed by atoms with van der Waals surface area (Å²) in [5.41, 5.74) is 5.33. The lowest BCUT2D eigenvalue weighted by atomic mass is 10.1. The molecule has 0 bridgehead atoms. The van der Waals surface area contributed by atoms with Gasteiger partial charge in [0.05, 0.1) is 13.2 Å². The maximum absolute atomic E-state index is 12.6. The van der Waals surface area contributed by atoms with Crippen molar-refractivity contribution in [2.45, 2.75) is 168 Å². The number of phosphoric ester groups is 1. The fraction of sp³-hybridized carbons (Fsp3) is 0.698. The summed E-state index contributed by atoms with van der Waals surface area (Å²) in [5, 5.41) is 0. The van der Waals surface area contributed by atoms with Crippen molar-refractivity contribution in [2.75, 3.05) is 26.4 Å². The first-order valence-electron chi connectivity index (χ1n) is 20.7. The van der Waals surface area contributed by atoms with Gasteiger partial charge in [-0.3, -0.25) is 23.4 Å². The van der Waals surface area contributed by atoms with Crippen LogP contribution in [0.2, 0.25) is 0 Å². The number of unbranched alkanes of at least 4 members (excludes halogenated alkanes) is 14. The van der Waals surface area contributed by atoms with Gasteiger partial charge < -0.3 is 20.1 Å². The van der Waals surface area contributed by atoms with Crippen LogP contribution < -0.4 is 5.73 Å². The van der Waals surface area contributed by atoms with E-state index in [0.717, 1.165) is 89.9 Å². The summed E-state index contributed by atoms with van der Waals surface area (Å²) >= 11 is 0. The maximum atomic E-state index is 12.6. The minimum Gasteiger partial charge on any atom is -0.462 e. The van der Waals surface area contributed by atoms with E-state index >= 15 is 0 Å². The smallest absolute Gasteiger partial charge is 0.462 e. The number of phosphoric acid groups is 1. The molecule has 0 aromatic rings. The van der Waals surface area contributed by atoms with Crippen molar-refractivity contribution in [2.24, 2.45) is 5.73 Å². The summed E-state index contributed by atoms with van der Waals surface area (Å²) in [6.07, 6.45) is 40.8. The van der Waals surface area contributed by atoms with E-state index < -0.39 is 32.5 Å². The number of hydrogen-bond acceptors (Lipinski definition) is 9. The summed E-state index contributed by atoms with van der Waals surface area (Å²) in [4.78, 5) is 46.5. The van der Waals surface area contributed by atoms with Gasteiger partial charge in [0.15, 0.2) is 11.9 Å². The predicted octanol–water partition coefficient (Wildman–Crippen LogP) is 10.9. The van der Waals surface area contributed by atoms with Gasteiger partial charge in [-0.2, -0.15) is 0 Å². The van der Waals surface area contributed by atoms with Gasteiger partial charge in [-0.05, 0) is 76.7 Å². The number of hydrogen-bond donors (Lipinski definition) is 2. The van der Waals surface area contributed by atoms with Crippen molar-refractivity contribution in [1.82, 2.24) is 0 Å². The molecule has 0 aliphatic rings. The first kappa shape index (κ1) is 51.4. The first-order chi connectivity index (χ1) is 26.2.